The van der Waals surface area contributed by atoms with E-state index in [2.05, 4.69) is 20.0 Å². The van der Waals surface area contributed by atoms with Gasteiger partial charge in [0, 0.05) is 52.4 Å². The molecule has 0 unspecified atom stereocenters. The van der Waals surface area contributed by atoms with Crippen LogP contribution < -0.4 is 14.8 Å². The average Bonchev–Trinajstić information content (AvgIpc) is 3.18. The van der Waals surface area contributed by atoms with Crippen LogP contribution in [0.3, 0.4) is 0 Å². The Bertz CT molecular complexity index is 1340. The van der Waals surface area contributed by atoms with Crippen molar-refractivity contribution in [2.24, 2.45) is 0 Å². The Hall–Kier alpha value is -3.72. The lowest BCUT2D eigenvalue weighted by Crippen LogP contribution is -2.16. The second kappa shape index (κ2) is 9.87. The Morgan fingerprint density at radius 1 is 1.20 bits per heavy atom. The summed E-state index contributed by atoms with van der Waals surface area (Å²) in [7, 11) is 0. The first kappa shape index (κ1) is 24.4. The normalized spacial score (nSPS) is 11.6. The number of ether oxygens (including phenoxy) is 2. The number of fused-ring (bicyclic) bond motifs is 1. The lowest BCUT2D eigenvalue weighted by molar-refractivity contribution is -0.0964. The smallest absolute Gasteiger partial charge is 0.465 e. The number of carbonyl (C=O) groups is 1. The van der Waals surface area contributed by atoms with Crippen molar-refractivity contribution in [3.63, 3.8) is 0 Å². The van der Waals surface area contributed by atoms with Gasteiger partial charge in [-0.25, -0.2) is 0 Å². The van der Waals surface area contributed by atoms with Gasteiger partial charge in [0.1, 0.15) is 5.75 Å². The van der Waals surface area contributed by atoms with E-state index in [-0.39, 0.29) is 11.8 Å². The Kier molecular flexibility index (Phi) is 6.88. The van der Waals surface area contributed by atoms with Gasteiger partial charge in [0.05, 0.1) is 17.6 Å². The predicted molar refractivity (Wildman–Crippen MR) is 130 cm³/mol. The van der Waals surface area contributed by atoms with Crippen molar-refractivity contribution < 1.29 is 23.0 Å². The molecule has 2 aromatic heterocycles. The first-order valence-electron chi connectivity index (χ1n) is 10.9. The van der Waals surface area contributed by atoms with Crippen LogP contribution in [0, 0.1) is 0 Å². The number of benzene rings is 2. The van der Waals surface area contributed by atoms with E-state index in [0.29, 0.717) is 29.4 Å². The molecule has 0 atom stereocenters. The van der Waals surface area contributed by atoms with Crippen molar-refractivity contribution in [3.05, 3.63) is 66.5 Å². The van der Waals surface area contributed by atoms with Crippen molar-refractivity contribution in [3.8, 4) is 22.9 Å². The van der Waals surface area contributed by atoms with Crippen LogP contribution in [0.25, 0.3) is 22.2 Å². The summed E-state index contributed by atoms with van der Waals surface area (Å²) in [5.74, 6) is -0.531. The molecule has 4 rings (SSSR count). The van der Waals surface area contributed by atoms with Gasteiger partial charge in [-0.3, -0.25) is 14.3 Å². The molecular weight excluding hydrogens is 478 g/mol. The molecule has 1 N–H and O–H groups in total. The maximum absolute atomic E-state index is 13.1. The number of amides is 1. The minimum Gasteiger partial charge on any atom is -0.465 e. The Labute approximate surface area is 205 Å². The van der Waals surface area contributed by atoms with E-state index >= 15 is 0 Å². The van der Waals surface area contributed by atoms with Crippen molar-refractivity contribution >= 4 is 34.2 Å². The zero-order valence-corrected chi connectivity index (χ0v) is 20.0. The minimum atomic E-state index is -3.82. The second-order valence-corrected chi connectivity index (χ2v) is 8.39. The summed E-state index contributed by atoms with van der Waals surface area (Å²) in [6.07, 6.45) is 3.40. The molecule has 0 aliphatic rings. The Morgan fingerprint density at radius 3 is 2.54 bits per heavy atom. The molecule has 7 nitrogen and oxygen atoms in total. The fraction of sp³-hybridized carbons (Fsp3) is 0.240. The number of aromatic nitrogens is 3. The first-order valence-corrected chi connectivity index (χ1v) is 11.3. The van der Waals surface area contributed by atoms with Crippen molar-refractivity contribution in [1.29, 1.82) is 0 Å². The fourth-order valence-electron chi connectivity index (χ4n) is 3.74. The van der Waals surface area contributed by atoms with Crippen molar-refractivity contribution in [1.82, 2.24) is 14.5 Å². The molecule has 0 fully saturated rings. The highest BCUT2D eigenvalue weighted by atomic mass is 35.5. The number of carbonyl (C=O) groups excluding carboxylic acids is 1. The van der Waals surface area contributed by atoms with E-state index in [9.17, 15) is 13.6 Å². The molecule has 0 saturated carbocycles. The molecule has 0 spiro atoms. The molecule has 0 bridgehead atoms. The number of halogens is 3. The zero-order chi connectivity index (χ0) is 25.2. The van der Waals surface area contributed by atoms with Gasteiger partial charge in [-0.15, -0.1) is 8.78 Å². The lowest BCUT2D eigenvalue weighted by Gasteiger charge is -2.15. The highest BCUT2D eigenvalue weighted by Gasteiger charge is 2.27. The summed E-state index contributed by atoms with van der Waals surface area (Å²) in [6.45, 7) is 6.39. The molecule has 35 heavy (non-hydrogen) atoms. The highest BCUT2D eigenvalue weighted by molar-refractivity contribution is 6.20. The van der Waals surface area contributed by atoms with E-state index in [1.165, 1.54) is 24.3 Å². The van der Waals surface area contributed by atoms with Crippen molar-refractivity contribution in [2.75, 3.05) is 11.9 Å². The molecule has 182 valence electrons. The van der Waals surface area contributed by atoms with Gasteiger partial charge in [-0.05, 0) is 63.2 Å². The van der Waals surface area contributed by atoms with E-state index in [0.717, 1.165) is 16.6 Å². The van der Waals surface area contributed by atoms with Crippen LogP contribution in [0.2, 0.25) is 0 Å². The third kappa shape index (κ3) is 5.51. The molecule has 2 aromatic carbocycles. The number of hydrogen-bond acceptors (Lipinski definition) is 5. The number of nitrogens with one attached hydrogen (secondary N) is 1. The lowest BCUT2D eigenvalue weighted by atomic mass is 10.0. The summed E-state index contributed by atoms with van der Waals surface area (Å²) in [4.78, 5) is 22.0. The topological polar surface area (TPSA) is 78.3 Å². The standard InChI is InChI=1S/C25H23ClF2N4O3/c1-4-34-24-31-21-13-17(23(33)30-18-7-9-19(10-8-18)35-25(26,27)28)12-20(16-6-5-11-29-14-16)22(21)32(24)15(2)3/h5-15H,4H2,1-3H3,(H,30,33). The van der Waals surface area contributed by atoms with E-state index in [4.69, 9.17) is 16.3 Å². The monoisotopic (exact) mass is 500 g/mol. The molecule has 0 saturated heterocycles. The van der Waals surface area contributed by atoms with Gasteiger partial charge < -0.3 is 14.8 Å². The van der Waals surface area contributed by atoms with Gasteiger partial charge >= 0.3 is 5.57 Å². The van der Waals surface area contributed by atoms with Gasteiger partial charge in [0.25, 0.3) is 11.9 Å². The quantitative estimate of drug-likeness (QED) is 0.279. The van der Waals surface area contributed by atoms with Gasteiger partial charge in [0.15, 0.2) is 0 Å². The number of hydrogen-bond donors (Lipinski definition) is 1. The number of nitrogens with zero attached hydrogens (tertiary/aromatic N) is 3. The van der Waals surface area contributed by atoms with E-state index < -0.39 is 11.5 Å². The summed E-state index contributed by atoms with van der Waals surface area (Å²) < 4.78 is 37.7. The predicted octanol–water partition coefficient (Wildman–Crippen LogP) is 6.50. The second-order valence-electron chi connectivity index (χ2n) is 7.95. The summed E-state index contributed by atoms with van der Waals surface area (Å²) in [6, 6.07) is 13.2. The van der Waals surface area contributed by atoms with Crippen LogP contribution in [-0.4, -0.2) is 32.6 Å². The summed E-state index contributed by atoms with van der Waals surface area (Å²) in [5, 5.41) is 2.76. The number of pyridine rings is 1. The number of alkyl halides is 3. The van der Waals surface area contributed by atoms with E-state index in [1.54, 1.807) is 24.5 Å². The summed E-state index contributed by atoms with van der Waals surface area (Å²) in [5.41, 5.74) is -0.0334. The SMILES string of the molecule is CCOc1nc2cc(C(=O)Nc3ccc(OC(F)(F)Cl)cc3)cc(-c3cccnc3)c2n1C(C)C. The fourth-order valence-corrected chi connectivity index (χ4v) is 3.83. The Morgan fingerprint density at radius 2 is 1.94 bits per heavy atom. The van der Waals surface area contributed by atoms with Crippen molar-refractivity contribution in [2.45, 2.75) is 32.4 Å². The zero-order valence-electron chi connectivity index (χ0n) is 19.3. The first-order chi connectivity index (χ1) is 16.7. The largest absolute Gasteiger partial charge is 0.487 e. The van der Waals surface area contributed by atoms with Crippen LogP contribution in [-0.2, 0) is 0 Å². The average molecular weight is 501 g/mol. The van der Waals surface area contributed by atoms with Crippen LogP contribution in [0.4, 0.5) is 14.5 Å². The molecule has 0 aliphatic carbocycles. The molecule has 0 radical (unpaired) electrons. The van der Waals surface area contributed by atoms with Crippen LogP contribution in [0.15, 0.2) is 60.9 Å². The van der Waals surface area contributed by atoms with Gasteiger partial charge in [0.2, 0.25) is 0 Å². The molecule has 4 aromatic rings. The number of anilines is 1. The maximum Gasteiger partial charge on any atom is 0.487 e. The van der Waals surface area contributed by atoms with Gasteiger partial charge in [-0.2, -0.15) is 4.98 Å². The third-order valence-electron chi connectivity index (χ3n) is 5.12. The van der Waals surface area contributed by atoms with Crippen LogP contribution in [0.5, 0.6) is 11.8 Å². The highest BCUT2D eigenvalue weighted by Crippen LogP contribution is 2.35. The van der Waals surface area contributed by atoms with E-state index in [1.807, 2.05) is 37.5 Å². The van der Waals surface area contributed by atoms with Crippen LogP contribution in [0.1, 0.15) is 37.2 Å². The van der Waals surface area contributed by atoms with Gasteiger partial charge in [-0.1, -0.05) is 6.07 Å². The number of rotatable bonds is 8. The molecule has 1 amide bonds. The van der Waals surface area contributed by atoms with Crippen LogP contribution >= 0.6 is 11.6 Å². The third-order valence-corrected chi connectivity index (χ3v) is 5.20. The maximum atomic E-state index is 13.1. The Balaban J connectivity index is 1.75. The number of imidazole rings is 1. The molecular formula is C25H23ClF2N4O3. The molecule has 0 aliphatic heterocycles. The summed E-state index contributed by atoms with van der Waals surface area (Å²) >= 11 is 4.79. The molecule has 2 heterocycles. The molecule has 10 heteroatoms. The minimum absolute atomic E-state index is 0.0535.